The van der Waals surface area contributed by atoms with E-state index in [1.54, 1.807) is 0 Å². The molecule has 6 heteroatoms. The van der Waals surface area contributed by atoms with Crippen LogP contribution < -0.4 is 0 Å². The monoisotopic (exact) mass is 236 g/mol. The average Bonchev–Trinajstić information content (AvgIpc) is 2.16. The first-order valence-electron chi connectivity index (χ1n) is 4.32. The number of ether oxygens (including phenoxy) is 1. The summed E-state index contributed by atoms with van der Waals surface area (Å²) >= 11 is 0. The summed E-state index contributed by atoms with van der Waals surface area (Å²) in [5.41, 5.74) is 0.114. The van der Waals surface area contributed by atoms with Crippen molar-refractivity contribution in [3.63, 3.8) is 0 Å². The van der Waals surface area contributed by atoms with Crippen molar-refractivity contribution < 1.29 is 27.1 Å². The smallest absolute Gasteiger partial charge is 0.364 e. The Bertz CT molecular complexity index is 356. The molecule has 0 amide bonds. The molecule has 1 aromatic carbocycles. The molecule has 1 aromatic rings. The van der Waals surface area contributed by atoms with E-state index in [0.29, 0.717) is 0 Å². The Morgan fingerprint density at radius 3 is 2.25 bits per heavy atom. The van der Waals surface area contributed by atoms with Crippen molar-refractivity contribution in [1.82, 2.24) is 0 Å². The van der Waals surface area contributed by atoms with E-state index in [1.807, 2.05) is 0 Å². The Morgan fingerprint density at radius 2 is 1.75 bits per heavy atom. The highest BCUT2D eigenvalue weighted by atomic mass is 19.4. The van der Waals surface area contributed by atoms with Gasteiger partial charge in [-0.05, 0) is 24.3 Å². The van der Waals surface area contributed by atoms with Crippen molar-refractivity contribution in [3.05, 3.63) is 35.6 Å². The van der Waals surface area contributed by atoms with Crippen LogP contribution in [0.4, 0.5) is 17.6 Å². The molecule has 88 valence electrons. The molecule has 0 saturated heterocycles. The molecule has 0 radical (unpaired) electrons. The fraction of sp³-hybridized carbons (Fsp3) is 0.300. The van der Waals surface area contributed by atoms with Gasteiger partial charge in [-0.2, -0.15) is 13.2 Å². The van der Waals surface area contributed by atoms with Gasteiger partial charge in [0.05, 0.1) is 0 Å². The lowest BCUT2D eigenvalue weighted by atomic mass is 10.1. The molecule has 1 rings (SSSR count). The number of halogens is 4. The summed E-state index contributed by atoms with van der Waals surface area (Å²) in [5.74, 6) is -1.14. The number of carbonyl (C=O) groups excluding carboxylic acids is 1. The van der Waals surface area contributed by atoms with E-state index < -0.39 is 31.0 Å². The first-order chi connectivity index (χ1) is 7.38. The summed E-state index contributed by atoms with van der Waals surface area (Å²) in [6, 6.07) is 4.48. The van der Waals surface area contributed by atoms with E-state index >= 15 is 0 Å². The predicted octanol–water partition coefficient (Wildman–Crippen LogP) is 2.59. The normalized spacial score (nSPS) is 11.5. The maximum atomic E-state index is 12.5. The van der Waals surface area contributed by atoms with Crippen LogP contribution in [-0.4, -0.2) is 25.2 Å². The SMILES string of the molecule is O=C(COCC(F)(F)F)c1ccc(F)cc1. The summed E-state index contributed by atoms with van der Waals surface area (Å²) in [4.78, 5) is 11.2. The Morgan fingerprint density at radius 1 is 1.19 bits per heavy atom. The Kier molecular flexibility index (Phi) is 4.00. The molecule has 0 atom stereocenters. The Hall–Kier alpha value is -1.43. The molecular formula is C10H8F4O2. The minimum atomic E-state index is -4.46. The third-order valence-electron chi connectivity index (χ3n) is 1.67. The van der Waals surface area contributed by atoms with E-state index in [-0.39, 0.29) is 5.56 Å². The van der Waals surface area contributed by atoms with Crippen molar-refractivity contribution in [2.75, 3.05) is 13.2 Å². The average molecular weight is 236 g/mol. The van der Waals surface area contributed by atoms with Gasteiger partial charge in [0.1, 0.15) is 19.0 Å². The molecule has 0 saturated carbocycles. The molecule has 0 fully saturated rings. The Balaban J connectivity index is 2.44. The zero-order valence-corrected chi connectivity index (χ0v) is 8.05. The molecule has 0 bridgehead atoms. The lowest BCUT2D eigenvalue weighted by molar-refractivity contribution is -0.170. The third-order valence-corrected chi connectivity index (χ3v) is 1.67. The molecule has 0 aromatic heterocycles. The van der Waals surface area contributed by atoms with Crippen LogP contribution >= 0.6 is 0 Å². The fourth-order valence-corrected chi connectivity index (χ4v) is 0.979. The minimum absolute atomic E-state index is 0.114. The summed E-state index contributed by atoms with van der Waals surface area (Å²) in [6.07, 6.45) is -4.46. The second-order valence-electron chi connectivity index (χ2n) is 3.04. The highest BCUT2D eigenvalue weighted by molar-refractivity contribution is 5.97. The van der Waals surface area contributed by atoms with Crippen LogP contribution in [0.2, 0.25) is 0 Å². The number of carbonyl (C=O) groups is 1. The summed E-state index contributed by atoms with van der Waals surface area (Å²) < 4.78 is 51.7. The number of alkyl halides is 3. The third kappa shape index (κ3) is 4.39. The molecule has 0 aliphatic heterocycles. The van der Waals surface area contributed by atoms with Crippen molar-refractivity contribution in [3.8, 4) is 0 Å². The minimum Gasteiger partial charge on any atom is -0.364 e. The molecule has 0 spiro atoms. The van der Waals surface area contributed by atoms with Crippen molar-refractivity contribution in [2.45, 2.75) is 6.18 Å². The van der Waals surface area contributed by atoms with Gasteiger partial charge in [-0.3, -0.25) is 4.79 Å². The van der Waals surface area contributed by atoms with E-state index in [9.17, 15) is 22.4 Å². The number of Topliss-reactive ketones (excluding diaryl/α,β-unsaturated/α-hetero) is 1. The standard InChI is InChI=1S/C10H8F4O2/c11-8-3-1-7(2-4-8)9(15)5-16-6-10(12,13)14/h1-4H,5-6H2. The first kappa shape index (κ1) is 12.6. The van der Waals surface area contributed by atoms with Gasteiger partial charge in [0.2, 0.25) is 0 Å². The highest BCUT2D eigenvalue weighted by Crippen LogP contribution is 2.14. The molecule has 0 aliphatic carbocycles. The second kappa shape index (κ2) is 5.07. The van der Waals surface area contributed by atoms with Gasteiger partial charge in [-0.1, -0.05) is 0 Å². The van der Waals surface area contributed by atoms with Crippen molar-refractivity contribution in [1.29, 1.82) is 0 Å². The maximum absolute atomic E-state index is 12.5. The van der Waals surface area contributed by atoms with Gasteiger partial charge >= 0.3 is 6.18 Å². The van der Waals surface area contributed by atoms with Gasteiger partial charge in [0.15, 0.2) is 5.78 Å². The van der Waals surface area contributed by atoms with Gasteiger partial charge in [-0.15, -0.1) is 0 Å². The van der Waals surface area contributed by atoms with Crippen LogP contribution in [0, 0.1) is 5.82 Å². The van der Waals surface area contributed by atoms with Gasteiger partial charge in [-0.25, -0.2) is 4.39 Å². The van der Waals surface area contributed by atoms with Crippen LogP contribution in [-0.2, 0) is 4.74 Å². The number of rotatable bonds is 4. The summed E-state index contributed by atoms with van der Waals surface area (Å²) in [5, 5.41) is 0. The number of hydrogen-bond donors (Lipinski definition) is 0. The summed E-state index contributed by atoms with van der Waals surface area (Å²) in [7, 11) is 0. The topological polar surface area (TPSA) is 26.3 Å². The fourth-order valence-electron chi connectivity index (χ4n) is 0.979. The van der Waals surface area contributed by atoms with Gasteiger partial charge < -0.3 is 4.74 Å². The van der Waals surface area contributed by atoms with Crippen LogP contribution in [0.5, 0.6) is 0 Å². The van der Waals surface area contributed by atoms with Crippen LogP contribution in [0.1, 0.15) is 10.4 Å². The van der Waals surface area contributed by atoms with Crippen LogP contribution in [0.15, 0.2) is 24.3 Å². The lowest BCUT2D eigenvalue weighted by Crippen LogP contribution is -2.20. The lowest BCUT2D eigenvalue weighted by Gasteiger charge is -2.06. The second-order valence-corrected chi connectivity index (χ2v) is 3.04. The van der Waals surface area contributed by atoms with E-state index in [2.05, 4.69) is 4.74 Å². The summed E-state index contributed by atoms with van der Waals surface area (Å²) in [6.45, 7) is -2.15. The highest BCUT2D eigenvalue weighted by Gasteiger charge is 2.27. The molecule has 0 heterocycles. The molecular weight excluding hydrogens is 228 g/mol. The van der Waals surface area contributed by atoms with Gasteiger partial charge in [0.25, 0.3) is 0 Å². The number of hydrogen-bond acceptors (Lipinski definition) is 2. The predicted molar refractivity (Wildman–Crippen MR) is 47.6 cm³/mol. The first-order valence-corrected chi connectivity index (χ1v) is 4.32. The van der Waals surface area contributed by atoms with Gasteiger partial charge in [0, 0.05) is 5.56 Å². The van der Waals surface area contributed by atoms with Crippen molar-refractivity contribution >= 4 is 5.78 Å². The number of benzene rings is 1. The number of ketones is 1. The molecule has 0 aliphatic rings. The Labute approximate surface area is 88.8 Å². The maximum Gasteiger partial charge on any atom is 0.411 e. The molecule has 0 N–H and O–H groups in total. The van der Waals surface area contributed by atoms with E-state index in [0.717, 1.165) is 12.1 Å². The largest absolute Gasteiger partial charge is 0.411 e. The van der Waals surface area contributed by atoms with E-state index in [4.69, 9.17) is 0 Å². The zero-order chi connectivity index (χ0) is 12.2. The van der Waals surface area contributed by atoms with Crippen LogP contribution in [0.25, 0.3) is 0 Å². The van der Waals surface area contributed by atoms with Crippen LogP contribution in [0.3, 0.4) is 0 Å². The molecule has 0 unspecified atom stereocenters. The van der Waals surface area contributed by atoms with E-state index in [1.165, 1.54) is 12.1 Å². The molecule has 16 heavy (non-hydrogen) atoms. The molecule has 2 nitrogen and oxygen atoms in total. The van der Waals surface area contributed by atoms with Crippen molar-refractivity contribution in [2.24, 2.45) is 0 Å². The quantitative estimate of drug-likeness (QED) is 0.593. The zero-order valence-electron chi connectivity index (χ0n) is 8.05.